The molecule has 0 saturated carbocycles. The van der Waals surface area contributed by atoms with Gasteiger partial charge in [-0.1, -0.05) is 114 Å². The highest BCUT2D eigenvalue weighted by atomic mass is 35.5. The summed E-state index contributed by atoms with van der Waals surface area (Å²) in [6.45, 7) is 0. The molecule has 0 aromatic heterocycles. The molecule has 0 aliphatic carbocycles. The number of halogens is 2. The van der Waals surface area contributed by atoms with Gasteiger partial charge in [-0.3, -0.25) is 0 Å². The second-order valence-electron chi connectivity index (χ2n) is 5.72. The van der Waals surface area contributed by atoms with Gasteiger partial charge in [-0.25, -0.2) is 0 Å². The first kappa shape index (κ1) is 18.3. The molecule has 128 valence electrons. The predicted molar refractivity (Wildman–Crippen MR) is 114 cm³/mol. The zero-order valence-corrected chi connectivity index (χ0v) is 15.7. The normalized spacial score (nSPS) is 9.92. The predicted octanol–water partition coefficient (Wildman–Crippen LogP) is 8.01. The van der Waals surface area contributed by atoms with E-state index >= 15 is 0 Å². The van der Waals surface area contributed by atoms with Crippen LogP contribution < -0.4 is 0 Å². The fraction of sp³-hybridized carbons (Fsp3) is 0. The van der Waals surface area contributed by atoms with Crippen molar-refractivity contribution in [2.24, 2.45) is 0 Å². The number of hydrogen-bond acceptors (Lipinski definition) is 0. The van der Waals surface area contributed by atoms with Crippen LogP contribution in [0.1, 0.15) is 0 Å². The van der Waals surface area contributed by atoms with Crippen LogP contribution in [0.2, 0.25) is 10.0 Å². The van der Waals surface area contributed by atoms with Crippen molar-refractivity contribution in [3.63, 3.8) is 0 Å². The van der Waals surface area contributed by atoms with Gasteiger partial charge in [0.15, 0.2) is 0 Å². The molecular formula is C24H18Cl2. The molecule has 0 radical (unpaired) electrons. The van der Waals surface area contributed by atoms with E-state index in [4.69, 9.17) is 23.2 Å². The molecular weight excluding hydrogens is 359 g/mol. The van der Waals surface area contributed by atoms with Gasteiger partial charge >= 0.3 is 0 Å². The Morgan fingerprint density at radius 2 is 0.846 bits per heavy atom. The van der Waals surface area contributed by atoms with Crippen LogP contribution >= 0.6 is 23.2 Å². The zero-order valence-electron chi connectivity index (χ0n) is 14.1. The summed E-state index contributed by atoms with van der Waals surface area (Å²) in [6, 6.07) is 36.1. The fourth-order valence-corrected chi connectivity index (χ4v) is 2.96. The summed E-state index contributed by atoms with van der Waals surface area (Å²) < 4.78 is 0. The third kappa shape index (κ3) is 4.98. The number of rotatable bonds is 2. The van der Waals surface area contributed by atoms with E-state index in [0.717, 1.165) is 21.2 Å². The Balaban J connectivity index is 0.000000151. The van der Waals surface area contributed by atoms with E-state index in [9.17, 15) is 0 Å². The summed E-state index contributed by atoms with van der Waals surface area (Å²) in [5.74, 6) is 0. The van der Waals surface area contributed by atoms with Crippen LogP contribution in [-0.2, 0) is 0 Å². The monoisotopic (exact) mass is 376 g/mol. The topological polar surface area (TPSA) is 0 Å². The maximum absolute atomic E-state index is 6.06. The average Bonchev–Trinajstić information content (AvgIpc) is 2.71. The third-order valence-corrected chi connectivity index (χ3v) is 4.49. The average molecular weight is 377 g/mol. The minimum atomic E-state index is 0.777. The molecule has 0 N–H and O–H groups in total. The van der Waals surface area contributed by atoms with Crippen molar-refractivity contribution in [2.75, 3.05) is 0 Å². The van der Waals surface area contributed by atoms with Crippen molar-refractivity contribution in [3.8, 4) is 22.3 Å². The Kier molecular flexibility index (Phi) is 6.49. The third-order valence-electron chi connectivity index (χ3n) is 3.91. The smallest absolute Gasteiger partial charge is 0.0484 e. The second kappa shape index (κ2) is 9.24. The molecule has 0 heterocycles. The lowest BCUT2D eigenvalue weighted by Crippen LogP contribution is -1.77. The van der Waals surface area contributed by atoms with Gasteiger partial charge in [0.05, 0.1) is 0 Å². The highest BCUT2D eigenvalue weighted by molar-refractivity contribution is 6.33. The van der Waals surface area contributed by atoms with Crippen LogP contribution in [0, 0.1) is 0 Å². The highest BCUT2D eigenvalue weighted by Crippen LogP contribution is 2.26. The highest BCUT2D eigenvalue weighted by Gasteiger charge is 1.99. The molecule has 0 spiro atoms. The molecule has 0 atom stereocenters. The van der Waals surface area contributed by atoms with Crippen LogP contribution in [0.5, 0.6) is 0 Å². The summed E-state index contributed by atoms with van der Waals surface area (Å²) in [5, 5.41) is 1.58. The van der Waals surface area contributed by atoms with Crippen LogP contribution in [0.3, 0.4) is 0 Å². The molecule has 0 bridgehead atoms. The summed E-state index contributed by atoms with van der Waals surface area (Å²) in [7, 11) is 0. The lowest BCUT2D eigenvalue weighted by molar-refractivity contribution is 1.62. The van der Waals surface area contributed by atoms with E-state index in [1.165, 1.54) is 11.1 Å². The Morgan fingerprint density at radius 3 is 1.42 bits per heavy atom. The lowest BCUT2D eigenvalue weighted by atomic mass is 10.1. The minimum Gasteiger partial charge on any atom is -0.0843 e. The van der Waals surface area contributed by atoms with E-state index in [0.29, 0.717) is 0 Å². The van der Waals surface area contributed by atoms with Crippen LogP contribution in [0.25, 0.3) is 22.3 Å². The van der Waals surface area contributed by atoms with Crippen LogP contribution in [0.15, 0.2) is 109 Å². The van der Waals surface area contributed by atoms with Crippen molar-refractivity contribution in [2.45, 2.75) is 0 Å². The van der Waals surface area contributed by atoms with Gasteiger partial charge < -0.3 is 0 Å². The molecule has 0 unspecified atom stereocenters. The number of hydrogen-bond donors (Lipinski definition) is 0. The van der Waals surface area contributed by atoms with E-state index in [2.05, 4.69) is 24.3 Å². The van der Waals surface area contributed by atoms with Crippen molar-refractivity contribution >= 4 is 23.2 Å². The van der Waals surface area contributed by atoms with Crippen molar-refractivity contribution in [3.05, 3.63) is 119 Å². The lowest BCUT2D eigenvalue weighted by Gasteiger charge is -2.02. The van der Waals surface area contributed by atoms with Gasteiger partial charge in [-0.05, 0) is 34.9 Å². The molecule has 4 rings (SSSR count). The second-order valence-corrected chi connectivity index (χ2v) is 6.56. The Hall–Kier alpha value is -2.54. The van der Waals surface area contributed by atoms with E-state index in [-0.39, 0.29) is 0 Å². The number of benzene rings is 4. The van der Waals surface area contributed by atoms with Gasteiger partial charge in [0.25, 0.3) is 0 Å². The van der Waals surface area contributed by atoms with Crippen LogP contribution in [0.4, 0.5) is 0 Å². The molecule has 0 aliphatic heterocycles. The standard InChI is InChI=1S/2C12H9Cl/c13-12-9-5-4-8-11(12)10-6-2-1-3-7-10;13-12-8-6-11(7-9-12)10-4-2-1-3-5-10/h2*1-9H. The molecule has 26 heavy (non-hydrogen) atoms. The fourth-order valence-electron chi connectivity index (χ4n) is 2.59. The van der Waals surface area contributed by atoms with Gasteiger partial charge in [0, 0.05) is 15.6 Å². The maximum Gasteiger partial charge on any atom is 0.0484 e. The van der Waals surface area contributed by atoms with Crippen molar-refractivity contribution < 1.29 is 0 Å². The first-order valence-corrected chi connectivity index (χ1v) is 9.10. The first-order valence-electron chi connectivity index (χ1n) is 8.35. The Morgan fingerprint density at radius 1 is 0.385 bits per heavy atom. The van der Waals surface area contributed by atoms with E-state index < -0.39 is 0 Å². The summed E-state index contributed by atoms with van der Waals surface area (Å²) in [6.07, 6.45) is 0. The minimum absolute atomic E-state index is 0.777. The summed E-state index contributed by atoms with van der Waals surface area (Å²) >= 11 is 11.9. The molecule has 0 nitrogen and oxygen atoms in total. The first-order chi connectivity index (χ1) is 12.7. The van der Waals surface area contributed by atoms with Crippen molar-refractivity contribution in [1.82, 2.24) is 0 Å². The molecule has 4 aromatic carbocycles. The van der Waals surface area contributed by atoms with Gasteiger partial charge in [-0.2, -0.15) is 0 Å². The summed E-state index contributed by atoms with van der Waals surface area (Å²) in [4.78, 5) is 0. The molecule has 0 saturated heterocycles. The SMILES string of the molecule is Clc1ccc(-c2ccccc2)cc1.Clc1ccccc1-c1ccccc1. The quantitative estimate of drug-likeness (QED) is 0.332. The maximum atomic E-state index is 6.06. The van der Waals surface area contributed by atoms with Gasteiger partial charge in [0.2, 0.25) is 0 Å². The van der Waals surface area contributed by atoms with Crippen molar-refractivity contribution in [1.29, 1.82) is 0 Å². The largest absolute Gasteiger partial charge is 0.0843 e. The molecule has 0 fully saturated rings. The molecule has 0 amide bonds. The Labute approximate surface area is 164 Å². The molecule has 0 aliphatic rings. The van der Waals surface area contributed by atoms with E-state index in [1.54, 1.807) is 0 Å². The van der Waals surface area contributed by atoms with E-state index in [1.807, 2.05) is 84.9 Å². The Bertz CT molecular complexity index is 931. The van der Waals surface area contributed by atoms with Gasteiger partial charge in [-0.15, -0.1) is 0 Å². The zero-order chi connectivity index (χ0) is 18.2. The molecule has 4 aromatic rings. The summed E-state index contributed by atoms with van der Waals surface area (Å²) in [5.41, 5.74) is 4.67. The van der Waals surface area contributed by atoms with Crippen LogP contribution in [-0.4, -0.2) is 0 Å². The molecule has 2 heteroatoms. The van der Waals surface area contributed by atoms with Gasteiger partial charge in [0.1, 0.15) is 0 Å².